The lowest BCUT2D eigenvalue weighted by Crippen LogP contribution is -2.45. The summed E-state index contributed by atoms with van der Waals surface area (Å²) in [6, 6.07) is 13.9. The van der Waals surface area contributed by atoms with Gasteiger partial charge in [-0.25, -0.2) is 4.79 Å². The number of nitrogens with zero attached hydrogens (tertiary/aromatic N) is 1. The molecule has 0 spiro atoms. The van der Waals surface area contributed by atoms with Crippen molar-refractivity contribution in [3.8, 4) is 11.1 Å². The third-order valence-electron chi connectivity index (χ3n) is 6.52. The van der Waals surface area contributed by atoms with E-state index in [4.69, 9.17) is 10.5 Å². The van der Waals surface area contributed by atoms with Gasteiger partial charge in [0.25, 0.3) is 0 Å². The van der Waals surface area contributed by atoms with Crippen molar-refractivity contribution in [2.24, 2.45) is 11.1 Å². The topological polar surface area (TPSA) is 72.6 Å². The van der Waals surface area contributed by atoms with Gasteiger partial charge in [0, 0.05) is 18.2 Å². The van der Waals surface area contributed by atoms with Crippen molar-refractivity contribution in [3.05, 3.63) is 59.2 Å². The van der Waals surface area contributed by atoms with Crippen molar-refractivity contribution >= 4 is 12.0 Å². The first-order chi connectivity index (χ1) is 15.3. The van der Waals surface area contributed by atoms with Gasteiger partial charge in [0.1, 0.15) is 5.60 Å². The summed E-state index contributed by atoms with van der Waals surface area (Å²) in [4.78, 5) is 26.6. The van der Waals surface area contributed by atoms with Gasteiger partial charge in [-0.15, -0.1) is 0 Å². The first kappa shape index (κ1) is 24.8. The molecule has 33 heavy (non-hydrogen) atoms. The van der Waals surface area contributed by atoms with Crippen LogP contribution < -0.4 is 5.73 Å². The highest BCUT2D eigenvalue weighted by Gasteiger charge is 2.34. The van der Waals surface area contributed by atoms with E-state index in [1.165, 1.54) is 0 Å². The molecule has 1 fully saturated rings. The maximum atomic E-state index is 13.1. The Labute approximate surface area is 198 Å². The molecule has 0 unspecified atom stereocenters. The Morgan fingerprint density at radius 1 is 1.06 bits per heavy atom. The van der Waals surface area contributed by atoms with E-state index < -0.39 is 11.5 Å². The first-order valence-corrected chi connectivity index (χ1v) is 11.8. The molecular formula is C28H38N2O3. The summed E-state index contributed by atoms with van der Waals surface area (Å²) in [5, 5.41) is 0. The minimum atomic E-state index is -0.532. The maximum Gasteiger partial charge on any atom is 0.410 e. The summed E-state index contributed by atoms with van der Waals surface area (Å²) in [6.07, 6.45) is 3.94. The summed E-state index contributed by atoms with van der Waals surface area (Å²) in [5.41, 5.74) is 9.88. The smallest absolute Gasteiger partial charge is 0.410 e. The highest BCUT2D eigenvalue weighted by atomic mass is 16.6. The highest BCUT2D eigenvalue weighted by molar-refractivity contribution is 5.94. The molecule has 3 rings (SSSR count). The molecule has 0 atom stereocenters. The van der Waals surface area contributed by atoms with Gasteiger partial charge in [-0.1, -0.05) is 44.2 Å². The van der Waals surface area contributed by atoms with Crippen molar-refractivity contribution < 1.29 is 14.3 Å². The number of rotatable bonds is 5. The predicted molar refractivity (Wildman–Crippen MR) is 133 cm³/mol. The van der Waals surface area contributed by atoms with Gasteiger partial charge in [0.2, 0.25) is 5.91 Å². The highest BCUT2D eigenvalue weighted by Crippen LogP contribution is 2.38. The lowest BCUT2D eigenvalue weighted by molar-refractivity contribution is 0.00491. The molecule has 5 heteroatoms. The minimum absolute atomic E-state index is 0.182. The summed E-state index contributed by atoms with van der Waals surface area (Å²) < 4.78 is 5.76. The van der Waals surface area contributed by atoms with Crippen LogP contribution >= 0.6 is 0 Å². The van der Waals surface area contributed by atoms with Crippen molar-refractivity contribution in [3.63, 3.8) is 0 Å². The Balaban J connectivity index is 1.82. The fraction of sp³-hybridized carbons (Fsp3) is 0.500. The number of hydrogen-bond donors (Lipinski definition) is 1. The van der Waals surface area contributed by atoms with Crippen molar-refractivity contribution in [2.75, 3.05) is 0 Å². The maximum absolute atomic E-state index is 13.1. The Hall–Kier alpha value is -2.82. The van der Waals surface area contributed by atoms with Gasteiger partial charge in [-0.05, 0) is 93.2 Å². The largest absolute Gasteiger partial charge is 0.444 e. The van der Waals surface area contributed by atoms with E-state index in [0.29, 0.717) is 17.5 Å². The van der Waals surface area contributed by atoms with Crippen LogP contribution in [0.5, 0.6) is 0 Å². The lowest BCUT2D eigenvalue weighted by Gasteiger charge is -2.40. The second kappa shape index (κ2) is 9.58. The number of ether oxygens (including phenoxy) is 1. The number of carbonyl (C=O) groups excluding carboxylic acids is 2. The summed E-state index contributed by atoms with van der Waals surface area (Å²) in [7, 11) is 0. The van der Waals surface area contributed by atoms with Gasteiger partial charge in [-0.3, -0.25) is 4.79 Å². The van der Waals surface area contributed by atoms with Crippen LogP contribution in [-0.4, -0.2) is 28.5 Å². The van der Waals surface area contributed by atoms with Gasteiger partial charge >= 0.3 is 6.09 Å². The van der Waals surface area contributed by atoms with Crippen LogP contribution in [0.1, 0.15) is 81.8 Å². The average Bonchev–Trinajstić information content (AvgIpc) is 2.72. The Morgan fingerprint density at radius 3 is 2.21 bits per heavy atom. The van der Waals surface area contributed by atoms with Crippen LogP contribution in [0.2, 0.25) is 0 Å². The SMILES string of the molecule is Cc1ccc(C(N)=O)cc1-c1ccc(CN(C(=O)OC(C)(C)C)C2CCC(C)(C)CC2)cc1. The van der Waals surface area contributed by atoms with Crippen LogP contribution in [-0.2, 0) is 11.3 Å². The van der Waals surface area contributed by atoms with E-state index >= 15 is 0 Å². The predicted octanol–water partition coefficient (Wildman–Crippen LogP) is 6.47. The molecule has 0 heterocycles. The van der Waals surface area contributed by atoms with Crippen molar-refractivity contribution in [1.29, 1.82) is 0 Å². The molecular weight excluding hydrogens is 412 g/mol. The lowest BCUT2D eigenvalue weighted by atomic mass is 9.75. The van der Waals surface area contributed by atoms with E-state index in [0.717, 1.165) is 47.9 Å². The van der Waals surface area contributed by atoms with Gasteiger partial charge < -0.3 is 15.4 Å². The Kier molecular flexibility index (Phi) is 7.20. The molecule has 178 valence electrons. The molecule has 0 saturated heterocycles. The number of aryl methyl sites for hydroxylation is 1. The second-order valence-corrected chi connectivity index (χ2v) is 11.1. The van der Waals surface area contributed by atoms with E-state index in [1.807, 2.05) is 56.9 Å². The summed E-state index contributed by atoms with van der Waals surface area (Å²) in [6.45, 7) is 12.9. The fourth-order valence-corrected chi connectivity index (χ4v) is 4.43. The molecule has 1 aliphatic rings. The molecule has 0 aliphatic heterocycles. The Bertz CT molecular complexity index is 993. The van der Waals surface area contributed by atoms with Crippen LogP contribution in [0.3, 0.4) is 0 Å². The van der Waals surface area contributed by atoms with Crippen molar-refractivity contribution in [2.45, 2.75) is 85.4 Å². The third-order valence-corrected chi connectivity index (χ3v) is 6.52. The molecule has 2 N–H and O–H groups in total. The molecule has 2 aromatic carbocycles. The van der Waals surface area contributed by atoms with E-state index in [9.17, 15) is 9.59 Å². The standard InChI is InChI=1S/C28H38N2O3/c1-19-7-10-22(25(29)31)17-24(19)21-11-8-20(9-12-21)18-30(26(32)33-27(2,3)4)23-13-15-28(5,6)16-14-23/h7-12,17,23H,13-16,18H2,1-6H3,(H2,29,31). The number of nitrogens with two attached hydrogens (primary N) is 1. The minimum Gasteiger partial charge on any atom is -0.444 e. The number of benzene rings is 2. The molecule has 2 aromatic rings. The number of amides is 2. The quantitative estimate of drug-likeness (QED) is 0.567. The Morgan fingerprint density at radius 2 is 1.67 bits per heavy atom. The van der Waals surface area contributed by atoms with Crippen LogP contribution in [0.15, 0.2) is 42.5 Å². The molecule has 2 amide bonds. The zero-order chi connectivity index (χ0) is 24.4. The van der Waals surface area contributed by atoms with Gasteiger partial charge in [0.05, 0.1) is 0 Å². The van der Waals surface area contributed by atoms with Gasteiger partial charge in [0.15, 0.2) is 0 Å². The fourth-order valence-electron chi connectivity index (χ4n) is 4.43. The van der Waals surface area contributed by atoms with E-state index in [1.54, 1.807) is 6.07 Å². The van der Waals surface area contributed by atoms with E-state index in [2.05, 4.69) is 26.0 Å². The molecule has 5 nitrogen and oxygen atoms in total. The first-order valence-electron chi connectivity index (χ1n) is 11.8. The molecule has 0 aromatic heterocycles. The van der Waals surface area contributed by atoms with E-state index in [-0.39, 0.29) is 12.1 Å². The monoisotopic (exact) mass is 450 g/mol. The number of hydrogen-bond acceptors (Lipinski definition) is 3. The van der Waals surface area contributed by atoms with Crippen molar-refractivity contribution in [1.82, 2.24) is 4.90 Å². The summed E-state index contributed by atoms with van der Waals surface area (Å²) in [5.74, 6) is -0.434. The average molecular weight is 451 g/mol. The zero-order valence-corrected chi connectivity index (χ0v) is 20.9. The molecule has 0 radical (unpaired) electrons. The molecule has 1 saturated carbocycles. The summed E-state index contributed by atoms with van der Waals surface area (Å²) >= 11 is 0. The van der Waals surface area contributed by atoms with Gasteiger partial charge in [-0.2, -0.15) is 0 Å². The van der Waals surface area contributed by atoms with Crippen LogP contribution in [0.25, 0.3) is 11.1 Å². The number of primary amides is 1. The third kappa shape index (κ3) is 6.59. The number of carbonyl (C=O) groups is 2. The molecule has 1 aliphatic carbocycles. The zero-order valence-electron chi connectivity index (χ0n) is 20.9. The molecule has 0 bridgehead atoms. The van der Waals surface area contributed by atoms with Crippen LogP contribution in [0.4, 0.5) is 4.79 Å². The normalized spacial score (nSPS) is 16.3. The van der Waals surface area contributed by atoms with Crippen LogP contribution in [0, 0.1) is 12.3 Å². The second-order valence-electron chi connectivity index (χ2n) is 11.1.